The van der Waals surface area contributed by atoms with Crippen LogP contribution in [0, 0.1) is 11.8 Å². The first-order valence-electron chi connectivity index (χ1n) is 8.46. The largest absolute Gasteiger partial charge is 0.306 e. The maximum atomic E-state index is 2.53. The van der Waals surface area contributed by atoms with Gasteiger partial charge in [-0.3, -0.25) is 0 Å². The van der Waals surface area contributed by atoms with Crippen LogP contribution < -0.4 is 0 Å². The smallest absolute Gasteiger partial charge is 0.000973 e. The van der Waals surface area contributed by atoms with Gasteiger partial charge >= 0.3 is 0 Å². The summed E-state index contributed by atoms with van der Waals surface area (Å²) in [5.41, 5.74) is 0. The van der Waals surface area contributed by atoms with Gasteiger partial charge in [-0.25, -0.2) is 0 Å². The van der Waals surface area contributed by atoms with Gasteiger partial charge in [0.1, 0.15) is 0 Å². The molecule has 0 aromatic heterocycles. The van der Waals surface area contributed by atoms with Crippen molar-refractivity contribution in [3.8, 4) is 0 Å². The Morgan fingerprint density at radius 3 is 2.11 bits per heavy atom. The molecule has 0 saturated carbocycles. The van der Waals surface area contributed by atoms with Crippen LogP contribution in [0.25, 0.3) is 0 Å². The lowest BCUT2D eigenvalue weighted by molar-refractivity contribution is 0.274. The molecule has 108 valence electrons. The van der Waals surface area contributed by atoms with E-state index < -0.39 is 0 Å². The Morgan fingerprint density at radius 1 is 0.944 bits per heavy atom. The molecule has 0 aliphatic carbocycles. The average Bonchev–Trinajstić information content (AvgIpc) is 2.79. The summed E-state index contributed by atoms with van der Waals surface area (Å²) in [5, 5.41) is 0. The summed E-state index contributed by atoms with van der Waals surface area (Å²) in [6.45, 7) is 7.33. The molecule has 0 aromatic carbocycles. The van der Waals surface area contributed by atoms with E-state index in [9.17, 15) is 0 Å². The molecule has 0 amide bonds. The molecule has 1 aliphatic heterocycles. The SMILES string of the molecule is CCCCCCC(CCCCC)[C@@H]1CCN(C)C1. The van der Waals surface area contributed by atoms with E-state index in [0.29, 0.717) is 0 Å². The third-order valence-electron chi connectivity index (χ3n) is 4.70. The van der Waals surface area contributed by atoms with Gasteiger partial charge in [-0.05, 0) is 31.8 Å². The van der Waals surface area contributed by atoms with E-state index in [1.165, 1.54) is 77.3 Å². The van der Waals surface area contributed by atoms with Crippen molar-refractivity contribution in [3.63, 3.8) is 0 Å². The van der Waals surface area contributed by atoms with Crippen LogP contribution in [0.2, 0.25) is 0 Å². The van der Waals surface area contributed by atoms with Crippen LogP contribution in [0.3, 0.4) is 0 Å². The third-order valence-corrected chi connectivity index (χ3v) is 4.70. The zero-order valence-electron chi connectivity index (χ0n) is 13.1. The summed E-state index contributed by atoms with van der Waals surface area (Å²) in [5.74, 6) is 2.03. The topological polar surface area (TPSA) is 3.24 Å². The van der Waals surface area contributed by atoms with Gasteiger partial charge in [0, 0.05) is 6.54 Å². The predicted octanol–water partition coefficient (Wildman–Crippen LogP) is 5.11. The van der Waals surface area contributed by atoms with Gasteiger partial charge in [-0.15, -0.1) is 0 Å². The number of nitrogens with zero attached hydrogens (tertiary/aromatic N) is 1. The first kappa shape index (κ1) is 16.0. The second kappa shape index (κ2) is 9.83. The van der Waals surface area contributed by atoms with Gasteiger partial charge in [0.05, 0.1) is 0 Å². The Hall–Kier alpha value is -0.0400. The van der Waals surface area contributed by atoms with E-state index >= 15 is 0 Å². The van der Waals surface area contributed by atoms with Crippen LogP contribution in [0.5, 0.6) is 0 Å². The molecule has 0 spiro atoms. The van der Waals surface area contributed by atoms with Crippen molar-refractivity contribution in [2.24, 2.45) is 11.8 Å². The lowest BCUT2D eigenvalue weighted by atomic mass is 9.83. The minimum absolute atomic E-state index is 1.01. The molecule has 1 aliphatic rings. The van der Waals surface area contributed by atoms with Gasteiger partial charge in [-0.1, -0.05) is 71.6 Å². The second-order valence-electron chi connectivity index (χ2n) is 6.42. The Balaban J connectivity index is 2.27. The highest BCUT2D eigenvalue weighted by Crippen LogP contribution is 2.31. The summed E-state index contributed by atoms with van der Waals surface area (Å²) in [6, 6.07) is 0. The number of likely N-dealkylation sites (tertiary alicyclic amines) is 1. The lowest BCUT2D eigenvalue weighted by Gasteiger charge is -2.23. The number of hydrogen-bond donors (Lipinski definition) is 0. The van der Waals surface area contributed by atoms with Crippen molar-refractivity contribution in [1.82, 2.24) is 4.90 Å². The first-order chi connectivity index (χ1) is 8.77. The Bertz CT molecular complexity index is 190. The van der Waals surface area contributed by atoms with Gasteiger partial charge in [0.15, 0.2) is 0 Å². The molecular weight excluding hydrogens is 218 g/mol. The van der Waals surface area contributed by atoms with E-state index in [1.807, 2.05) is 0 Å². The average molecular weight is 253 g/mol. The molecule has 1 nitrogen and oxygen atoms in total. The zero-order valence-corrected chi connectivity index (χ0v) is 13.1. The van der Waals surface area contributed by atoms with Crippen LogP contribution in [0.1, 0.15) is 78.1 Å². The number of rotatable bonds is 10. The summed E-state index contributed by atoms with van der Waals surface area (Å²) >= 11 is 0. The molecule has 1 heterocycles. The molecule has 1 rings (SSSR count). The van der Waals surface area contributed by atoms with Crippen LogP contribution in [-0.4, -0.2) is 25.0 Å². The summed E-state index contributed by atoms with van der Waals surface area (Å²) in [7, 11) is 2.29. The molecule has 1 fully saturated rings. The molecule has 0 radical (unpaired) electrons. The fourth-order valence-electron chi connectivity index (χ4n) is 3.46. The van der Waals surface area contributed by atoms with E-state index in [0.717, 1.165) is 11.8 Å². The lowest BCUT2D eigenvalue weighted by Crippen LogP contribution is -2.20. The van der Waals surface area contributed by atoms with E-state index in [1.54, 1.807) is 0 Å². The number of unbranched alkanes of at least 4 members (excludes halogenated alkanes) is 5. The maximum absolute atomic E-state index is 2.53. The zero-order chi connectivity index (χ0) is 13.2. The molecule has 2 atom stereocenters. The fourth-order valence-corrected chi connectivity index (χ4v) is 3.46. The Kier molecular flexibility index (Phi) is 8.75. The third kappa shape index (κ3) is 6.22. The molecule has 1 saturated heterocycles. The monoisotopic (exact) mass is 253 g/mol. The van der Waals surface area contributed by atoms with Crippen LogP contribution in [0.15, 0.2) is 0 Å². The molecule has 1 unspecified atom stereocenters. The molecular formula is C17H35N. The molecule has 1 heteroatoms. The number of hydrogen-bond acceptors (Lipinski definition) is 1. The van der Waals surface area contributed by atoms with Crippen molar-refractivity contribution >= 4 is 0 Å². The van der Waals surface area contributed by atoms with Gasteiger partial charge in [0.2, 0.25) is 0 Å². The molecule has 18 heavy (non-hydrogen) atoms. The van der Waals surface area contributed by atoms with Crippen molar-refractivity contribution < 1.29 is 0 Å². The maximum Gasteiger partial charge on any atom is 0.000973 e. The predicted molar refractivity (Wildman–Crippen MR) is 82.0 cm³/mol. The highest BCUT2D eigenvalue weighted by atomic mass is 15.1. The van der Waals surface area contributed by atoms with Crippen LogP contribution >= 0.6 is 0 Å². The van der Waals surface area contributed by atoms with E-state index in [4.69, 9.17) is 0 Å². The standard InChI is InChI=1S/C17H35N/c1-4-6-8-10-12-16(11-9-7-5-2)17-13-14-18(3)15-17/h16-17H,4-15H2,1-3H3/t16?,17-/m1/s1. The summed E-state index contributed by atoms with van der Waals surface area (Å²) in [6.07, 6.45) is 14.5. The normalized spacial score (nSPS) is 22.5. The first-order valence-corrected chi connectivity index (χ1v) is 8.46. The summed E-state index contributed by atoms with van der Waals surface area (Å²) in [4.78, 5) is 2.53. The molecule has 0 bridgehead atoms. The summed E-state index contributed by atoms with van der Waals surface area (Å²) < 4.78 is 0. The van der Waals surface area contributed by atoms with Crippen molar-refractivity contribution in [1.29, 1.82) is 0 Å². The molecule has 0 N–H and O–H groups in total. The minimum atomic E-state index is 1.01. The minimum Gasteiger partial charge on any atom is -0.306 e. The van der Waals surface area contributed by atoms with Crippen LogP contribution in [-0.2, 0) is 0 Å². The Morgan fingerprint density at radius 2 is 1.56 bits per heavy atom. The van der Waals surface area contributed by atoms with Crippen molar-refractivity contribution in [2.45, 2.75) is 78.1 Å². The van der Waals surface area contributed by atoms with Gasteiger partial charge in [0.25, 0.3) is 0 Å². The van der Waals surface area contributed by atoms with E-state index in [2.05, 4.69) is 25.8 Å². The fraction of sp³-hybridized carbons (Fsp3) is 1.00. The Labute approximate surface area is 115 Å². The highest BCUT2D eigenvalue weighted by Gasteiger charge is 2.26. The second-order valence-corrected chi connectivity index (χ2v) is 6.42. The van der Waals surface area contributed by atoms with Crippen molar-refractivity contribution in [2.75, 3.05) is 20.1 Å². The quantitative estimate of drug-likeness (QED) is 0.489. The van der Waals surface area contributed by atoms with Gasteiger partial charge in [-0.2, -0.15) is 0 Å². The highest BCUT2D eigenvalue weighted by molar-refractivity contribution is 4.79. The van der Waals surface area contributed by atoms with Gasteiger partial charge < -0.3 is 4.90 Å². The van der Waals surface area contributed by atoms with Crippen LogP contribution in [0.4, 0.5) is 0 Å². The van der Waals surface area contributed by atoms with Crippen molar-refractivity contribution in [3.05, 3.63) is 0 Å². The molecule has 0 aromatic rings. The van der Waals surface area contributed by atoms with E-state index in [-0.39, 0.29) is 0 Å².